The molecule has 2 aliphatic rings. The molecule has 0 aromatic heterocycles. The molecule has 1 aromatic carbocycles. The van der Waals surface area contributed by atoms with E-state index in [2.05, 4.69) is 10.2 Å². The molecule has 6 heteroatoms. The molecule has 0 spiro atoms. The minimum atomic E-state index is -0.487. The van der Waals surface area contributed by atoms with Crippen LogP contribution in [0.2, 0.25) is 0 Å². The summed E-state index contributed by atoms with van der Waals surface area (Å²) in [5, 5.41) is 2.95. The number of carbonyl (C=O) groups excluding carboxylic acids is 2. The van der Waals surface area contributed by atoms with Crippen molar-refractivity contribution in [2.75, 3.05) is 33.3 Å². The molecule has 2 heterocycles. The highest BCUT2D eigenvalue weighted by Gasteiger charge is 2.37. The summed E-state index contributed by atoms with van der Waals surface area (Å²) in [6.07, 6.45) is 3.54. The molecule has 2 aliphatic heterocycles. The molecular weight excluding hydrogens is 330 g/mol. The Morgan fingerprint density at radius 1 is 1.19 bits per heavy atom. The highest BCUT2D eigenvalue weighted by molar-refractivity contribution is 5.95. The molecule has 1 saturated heterocycles. The third-order valence-corrected chi connectivity index (χ3v) is 5.03. The molecule has 0 bridgehead atoms. The van der Waals surface area contributed by atoms with Gasteiger partial charge < -0.3 is 10.1 Å². The van der Waals surface area contributed by atoms with Crippen molar-refractivity contribution < 1.29 is 14.3 Å². The summed E-state index contributed by atoms with van der Waals surface area (Å²) in [5.41, 5.74) is 2.15. The van der Waals surface area contributed by atoms with E-state index in [9.17, 15) is 9.59 Å². The van der Waals surface area contributed by atoms with Gasteiger partial charge in [0, 0.05) is 19.3 Å². The maximum Gasteiger partial charge on any atom is 0.338 e. The summed E-state index contributed by atoms with van der Waals surface area (Å²) in [6, 6.07) is 8.91. The monoisotopic (exact) mass is 357 g/mol. The highest BCUT2D eigenvalue weighted by Crippen LogP contribution is 2.31. The summed E-state index contributed by atoms with van der Waals surface area (Å²) >= 11 is 0. The van der Waals surface area contributed by atoms with Crippen LogP contribution < -0.4 is 5.32 Å². The van der Waals surface area contributed by atoms with Crippen LogP contribution in [0.15, 0.2) is 41.6 Å². The van der Waals surface area contributed by atoms with E-state index in [1.165, 1.54) is 6.42 Å². The maximum absolute atomic E-state index is 12.8. The number of rotatable bonds is 5. The zero-order valence-electron chi connectivity index (χ0n) is 15.5. The fraction of sp³-hybridized carbons (Fsp3) is 0.500. The number of esters is 1. The Labute approximate surface area is 154 Å². The Balaban J connectivity index is 2.02. The van der Waals surface area contributed by atoms with Gasteiger partial charge in [-0.15, -0.1) is 0 Å². The van der Waals surface area contributed by atoms with Gasteiger partial charge in [-0.2, -0.15) is 0 Å². The standard InChI is InChI=1S/C20H27N3O3/c1-3-26-19(24)17-16(14-23-12-8-5-9-13-23)22(2)20(25)21-18(17)15-10-6-4-7-11-15/h4,6-7,10-11,18H,3,5,8-9,12-14H2,1-2H3,(H,21,25)/t18-/m1/s1. The van der Waals surface area contributed by atoms with E-state index in [-0.39, 0.29) is 12.0 Å². The van der Waals surface area contributed by atoms with E-state index in [1.54, 1.807) is 18.9 Å². The van der Waals surface area contributed by atoms with Crippen molar-refractivity contribution in [1.82, 2.24) is 15.1 Å². The average Bonchev–Trinajstić information content (AvgIpc) is 2.67. The lowest BCUT2D eigenvalue weighted by Gasteiger charge is -2.37. The second-order valence-electron chi connectivity index (χ2n) is 6.77. The second kappa shape index (κ2) is 8.36. The Kier molecular flexibility index (Phi) is 5.93. The first kappa shape index (κ1) is 18.5. The van der Waals surface area contributed by atoms with Gasteiger partial charge >= 0.3 is 12.0 Å². The Hall–Kier alpha value is -2.34. The molecule has 0 aliphatic carbocycles. The van der Waals surface area contributed by atoms with Gasteiger partial charge in [-0.05, 0) is 38.4 Å². The second-order valence-corrected chi connectivity index (χ2v) is 6.77. The molecule has 2 amide bonds. The molecule has 1 N–H and O–H groups in total. The van der Waals surface area contributed by atoms with E-state index in [1.807, 2.05) is 30.3 Å². The Morgan fingerprint density at radius 3 is 2.54 bits per heavy atom. The van der Waals surface area contributed by atoms with Crippen LogP contribution in [0.3, 0.4) is 0 Å². The van der Waals surface area contributed by atoms with E-state index < -0.39 is 6.04 Å². The number of likely N-dealkylation sites (tertiary alicyclic amines) is 1. The largest absolute Gasteiger partial charge is 0.463 e. The van der Waals surface area contributed by atoms with Crippen molar-refractivity contribution in [3.8, 4) is 0 Å². The van der Waals surface area contributed by atoms with Crippen LogP contribution >= 0.6 is 0 Å². The number of amides is 2. The Morgan fingerprint density at radius 2 is 1.88 bits per heavy atom. The first-order valence-corrected chi connectivity index (χ1v) is 9.33. The lowest BCUT2D eigenvalue weighted by atomic mass is 9.94. The number of likely N-dealkylation sites (N-methyl/N-ethyl adjacent to an activating group) is 1. The summed E-state index contributed by atoms with van der Waals surface area (Å²) in [4.78, 5) is 29.2. The van der Waals surface area contributed by atoms with E-state index in [0.29, 0.717) is 18.7 Å². The van der Waals surface area contributed by atoms with Crippen molar-refractivity contribution in [2.45, 2.75) is 32.2 Å². The number of benzene rings is 1. The molecule has 0 unspecified atom stereocenters. The molecule has 1 aromatic rings. The van der Waals surface area contributed by atoms with Crippen molar-refractivity contribution in [2.24, 2.45) is 0 Å². The first-order valence-electron chi connectivity index (χ1n) is 9.33. The van der Waals surface area contributed by atoms with Crippen molar-refractivity contribution in [3.63, 3.8) is 0 Å². The predicted molar refractivity (Wildman–Crippen MR) is 99.4 cm³/mol. The van der Waals surface area contributed by atoms with Crippen LogP contribution in [0, 0.1) is 0 Å². The molecule has 0 radical (unpaired) electrons. The van der Waals surface area contributed by atoms with Gasteiger partial charge in [0.15, 0.2) is 0 Å². The third-order valence-electron chi connectivity index (χ3n) is 5.03. The van der Waals surface area contributed by atoms with Crippen LogP contribution in [-0.2, 0) is 9.53 Å². The van der Waals surface area contributed by atoms with Crippen molar-refractivity contribution in [3.05, 3.63) is 47.2 Å². The number of carbonyl (C=O) groups is 2. The average molecular weight is 357 g/mol. The quantitative estimate of drug-likeness (QED) is 0.823. The summed E-state index contributed by atoms with van der Waals surface area (Å²) in [5.74, 6) is -0.361. The number of nitrogens with one attached hydrogen (secondary N) is 1. The molecule has 26 heavy (non-hydrogen) atoms. The van der Waals surface area contributed by atoms with Gasteiger partial charge in [0.2, 0.25) is 0 Å². The van der Waals surface area contributed by atoms with Crippen molar-refractivity contribution in [1.29, 1.82) is 0 Å². The number of urea groups is 1. The van der Waals surface area contributed by atoms with E-state index in [4.69, 9.17) is 4.74 Å². The zero-order chi connectivity index (χ0) is 18.5. The minimum Gasteiger partial charge on any atom is -0.463 e. The molecule has 0 saturated carbocycles. The van der Waals surface area contributed by atoms with Gasteiger partial charge in [0.05, 0.1) is 18.2 Å². The van der Waals surface area contributed by atoms with Gasteiger partial charge in [0.25, 0.3) is 0 Å². The molecular formula is C20H27N3O3. The Bertz CT molecular complexity index is 681. The maximum atomic E-state index is 12.8. The lowest BCUT2D eigenvalue weighted by molar-refractivity contribution is -0.139. The van der Waals surface area contributed by atoms with Gasteiger partial charge in [0.1, 0.15) is 0 Å². The summed E-state index contributed by atoms with van der Waals surface area (Å²) < 4.78 is 5.34. The van der Waals surface area contributed by atoms with Crippen LogP contribution in [0.1, 0.15) is 37.8 Å². The summed E-state index contributed by atoms with van der Waals surface area (Å²) in [7, 11) is 1.72. The minimum absolute atomic E-state index is 0.195. The van der Waals surface area contributed by atoms with E-state index >= 15 is 0 Å². The SMILES string of the molecule is CCOC(=O)C1=C(CN2CCCCC2)N(C)C(=O)N[C@@H]1c1ccccc1. The van der Waals surface area contributed by atoms with Crippen molar-refractivity contribution >= 4 is 12.0 Å². The number of hydrogen-bond donors (Lipinski definition) is 1. The number of nitrogens with zero attached hydrogens (tertiary/aromatic N) is 2. The first-order chi connectivity index (χ1) is 12.6. The zero-order valence-corrected chi connectivity index (χ0v) is 15.5. The molecule has 3 rings (SSSR count). The normalized spacial score (nSPS) is 21.5. The lowest BCUT2D eigenvalue weighted by Crippen LogP contribution is -2.49. The van der Waals surface area contributed by atoms with Gasteiger partial charge in [-0.25, -0.2) is 9.59 Å². The molecule has 1 fully saturated rings. The van der Waals surface area contributed by atoms with Crippen LogP contribution in [0.5, 0.6) is 0 Å². The molecule has 140 valence electrons. The smallest absolute Gasteiger partial charge is 0.338 e. The number of ether oxygens (including phenoxy) is 1. The fourth-order valence-electron chi connectivity index (χ4n) is 3.62. The molecule has 6 nitrogen and oxygen atoms in total. The van der Waals surface area contributed by atoms with Crippen LogP contribution in [0.25, 0.3) is 0 Å². The van der Waals surface area contributed by atoms with Gasteiger partial charge in [-0.1, -0.05) is 36.8 Å². The topological polar surface area (TPSA) is 61.9 Å². The van der Waals surface area contributed by atoms with Crippen LogP contribution in [0.4, 0.5) is 4.79 Å². The summed E-state index contributed by atoms with van der Waals surface area (Å²) in [6.45, 7) is 4.67. The van der Waals surface area contributed by atoms with Gasteiger partial charge in [-0.3, -0.25) is 9.80 Å². The fourth-order valence-corrected chi connectivity index (χ4v) is 3.62. The number of hydrogen-bond acceptors (Lipinski definition) is 4. The predicted octanol–water partition coefficient (Wildman–Crippen LogP) is 2.69. The molecule has 1 atom stereocenters. The van der Waals surface area contributed by atoms with E-state index in [0.717, 1.165) is 37.2 Å². The third kappa shape index (κ3) is 3.90. The number of piperidine rings is 1. The highest BCUT2D eigenvalue weighted by atomic mass is 16.5. The van der Waals surface area contributed by atoms with Crippen LogP contribution in [-0.4, -0.2) is 55.1 Å².